The van der Waals surface area contributed by atoms with Crippen molar-refractivity contribution in [2.24, 2.45) is 0 Å². The van der Waals surface area contributed by atoms with E-state index in [2.05, 4.69) is 0 Å². The summed E-state index contributed by atoms with van der Waals surface area (Å²) in [5, 5.41) is 0. The molecule has 78 valence electrons. The van der Waals surface area contributed by atoms with Crippen LogP contribution >= 0.6 is 0 Å². The minimum absolute atomic E-state index is 0.183. The molecule has 0 unspecified atom stereocenters. The van der Waals surface area contributed by atoms with E-state index < -0.39 is 11.6 Å². The Bertz CT molecular complexity index is 314. The van der Waals surface area contributed by atoms with Crippen LogP contribution in [0.3, 0.4) is 0 Å². The van der Waals surface area contributed by atoms with Crippen LogP contribution in [0.25, 0.3) is 0 Å². The molecule has 0 N–H and O–H groups in total. The lowest BCUT2D eigenvalue weighted by Crippen LogP contribution is -2.21. The maximum atomic E-state index is 13.5. The minimum atomic E-state index is -0.513. The predicted molar refractivity (Wildman–Crippen MR) is 54.3 cm³/mol. The summed E-state index contributed by atoms with van der Waals surface area (Å²) in [7, 11) is 0. The zero-order valence-electron chi connectivity index (χ0n) is 8.90. The minimum Gasteiger partial charge on any atom is -0.207 e. The molecule has 0 amide bonds. The van der Waals surface area contributed by atoms with Gasteiger partial charge in [0, 0.05) is 6.07 Å². The molecule has 0 nitrogen and oxygen atoms in total. The molecule has 0 aliphatic heterocycles. The summed E-state index contributed by atoms with van der Waals surface area (Å²) in [4.78, 5) is 0. The Hall–Kier alpha value is -0.920. The smallest absolute Gasteiger partial charge is 0.129 e. The van der Waals surface area contributed by atoms with Gasteiger partial charge < -0.3 is 0 Å². The summed E-state index contributed by atoms with van der Waals surface area (Å²) < 4.78 is 26.2. The highest BCUT2D eigenvalue weighted by Gasteiger charge is 2.25. The predicted octanol–water partition coefficient (Wildman–Crippen LogP) is 4.04. The molecule has 0 aromatic heterocycles. The topological polar surface area (TPSA) is 0 Å². The van der Waals surface area contributed by atoms with E-state index in [1.165, 1.54) is 6.07 Å². The van der Waals surface area contributed by atoms with Crippen molar-refractivity contribution in [2.45, 2.75) is 39.0 Å². The lowest BCUT2D eigenvalue weighted by atomic mass is 9.77. The fourth-order valence-corrected chi connectivity index (χ4v) is 1.61. The summed E-state index contributed by atoms with van der Waals surface area (Å²) in [5.74, 6) is -0.947. The third kappa shape index (κ3) is 1.94. The Morgan fingerprint density at radius 2 is 1.71 bits per heavy atom. The number of halogens is 2. The molecule has 1 rings (SSSR count). The normalized spacial score (nSPS) is 11.8. The molecule has 1 aromatic carbocycles. The monoisotopic (exact) mass is 198 g/mol. The van der Waals surface area contributed by atoms with E-state index in [1.807, 2.05) is 20.8 Å². The summed E-state index contributed by atoms with van der Waals surface area (Å²) in [6.45, 7) is 6.04. The van der Waals surface area contributed by atoms with Crippen LogP contribution in [0.1, 0.15) is 39.2 Å². The Labute approximate surface area is 84.0 Å². The maximum absolute atomic E-state index is 13.5. The van der Waals surface area contributed by atoms with Gasteiger partial charge in [0.25, 0.3) is 0 Å². The van der Waals surface area contributed by atoms with Crippen LogP contribution in [0.5, 0.6) is 0 Å². The molecule has 0 spiro atoms. The number of hydrogen-bond donors (Lipinski definition) is 0. The van der Waals surface area contributed by atoms with Gasteiger partial charge in [0.2, 0.25) is 0 Å². The highest BCUT2D eigenvalue weighted by Crippen LogP contribution is 2.32. The molecule has 0 heterocycles. The summed E-state index contributed by atoms with van der Waals surface area (Å²) in [5.41, 5.74) is 0.432. The molecule has 0 fully saturated rings. The van der Waals surface area contributed by atoms with Gasteiger partial charge in [-0.25, -0.2) is 8.78 Å². The van der Waals surface area contributed by atoms with Crippen LogP contribution in [-0.2, 0) is 5.41 Å². The Balaban J connectivity index is 3.17. The van der Waals surface area contributed by atoms with E-state index in [9.17, 15) is 8.78 Å². The van der Waals surface area contributed by atoms with Gasteiger partial charge in [-0.3, -0.25) is 0 Å². The maximum Gasteiger partial charge on any atom is 0.129 e. The van der Waals surface area contributed by atoms with Crippen LogP contribution < -0.4 is 0 Å². The highest BCUT2D eigenvalue weighted by atomic mass is 19.1. The highest BCUT2D eigenvalue weighted by molar-refractivity contribution is 5.26. The van der Waals surface area contributed by atoms with Gasteiger partial charge >= 0.3 is 0 Å². The average Bonchev–Trinajstić information content (AvgIpc) is 2.17. The van der Waals surface area contributed by atoms with Crippen LogP contribution in [-0.4, -0.2) is 0 Å². The first kappa shape index (κ1) is 11.2. The van der Waals surface area contributed by atoms with E-state index in [4.69, 9.17) is 0 Å². The molecular formula is C12H16F2. The molecule has 0 radical (unpaired) electrons. The van der Waals surface area contributed by atoms with Crippen molar-refractivity contribution in [3.05, 3.63) is 35.4 Å². The van der Waals surface area contributed by atoms with Crippen molar-refractivity contribution in [1.82, 2.24) is 0 Å². The summed E-state index contributed by atoms with van der Waals surface area (Å²) >= 11 is 0. The second-order valence-electron chi connectivity index (χ2n) is 3.89. The molecule has 1 aromatic rings. The van der Waals surface area contributed by atoms with Gasteiger partial charge in [-0.15, -0.1) is 0 Å². The van der Waals surface area contributed by atoms with Gasteiger partial charge in [-0.05, 0) is 29.9 Å². The second-order valence-corrected chi connectivity index (χ2v) is 3.89. The lowest BCUT2D eigenvalue weighted by Gasteiger charge is -2.27. The van der Waals surface area contributed by atoms with Gasteiger partial charge in [0.1, 0.15) is 11.6 Å². The molecule has 0 saturated heterocycles. The van der Waals surface area contributed by atoms with Crippen molar-refractivity contribution in [2.75, 3.05) is 0 Å². The molecule has 0 atom stereocenters. The van der Waals surface area contributed by atoms with Gasteiger partial charge in [0.05, 0.1) is 0 Å². The van der Waals surface area contributed by atoms with Crippen molar-refractivity contribution < 1.29 is 8.78 Å². The zero-order valence-corrected chi connectivity index (χ0v) is 8.90. The molecule has 0 aliphatic rings. The summed E-state index contributed by atoms with van der Waals surface area (Å²) in [6, 6.07) is 3.83. The molecule has 0 saturated carbocycles. The number of rotatable bonds is 3. The van der Waals surface area contributed by atoms with E-state index in [0.717, 1.165) is 18.9 Å². The second kappa shape index (κ2) is 4.07. The van der Waals surface area contributed by atoms with Crippen molar-refractivity contribution in [3.63, 3.8) is 0 Å². The number of hydrogen-bond acceptors (Lipinski definition) is 0. The van der Waals surface area contributed by atoms with Crippen LogP contribution in [0.15, 0.2) is 18.2 Å². The van der Waals surface area contributed by atoms with Gasteiger partial charge in [-0.1, -0.05) is 26.8 Å². The lowest BCUT2D eigenvalue weighted by molar-refractivity contribution is 0.412. The van der Waals surface area contributed by atoms with Gasteiger partial charge in [0.15, 0.2) is 0 Å². The van der Waals surface area contributed by atoms with E-state index in [1.54, 1.807) is 6.07 Å². The molecule has 0 bridgehead atoms. The molecule has 0 aliphatic carbocycles. The molecular weight excluding hydrogens is 182 g/mol. The standard InChI is InChI=1S/C12H16F2/c1-4-12(3,5-2)10-7-6-9(13)8-11(10)14/h6-8H,4-5H2,1-3H3. The summed E-state index contributed by atoms with van der Waals surface area (Å²) in [6.07, 6.45) is 1.71. The third-order valence-electron chi connectivity index (χ3n) is 3.14. The molecule has 2 heteroatoms. The fraction of sp³-hybridized carbons (Fsp3) is 0.500. The quantitative estimate of drug-likeness (QED) is 0.687. The van der Waals surface area contributed by atoms with Crippen molar-refractivity contribution in [1.29, 1.82) is 0 Å². The Morgan fingerprint density at radius 1 is 1.14 bits per heavy atom. The van der Waals surface area contributed by atoms with Crippen molar-refractivity contribution >= 4 is 0 Å². The first-order valence-corrected chi connectivity index (χ1v) is 4.99. The first-order chi connectivity index (χ1) is 6.53. The Kier molecular flexibility index (Phi) is 3.25. The molecule has 14 heavy (non-hydrogen) atoms. The number of benzene rings is 1. The van der Waals surface area contributed by atoms with E-state index in [-0.39, 0.29) is 5.41 Å². The fourth-order valence-electron chi connectivity index (χ4n) is 1.61. The van der Waals surface area contributed by atoms with Gasteiger partial charge in [-0.2, -0.15) is 0 Å². The van der Waals surface area contributed by atoms with Crippen LogP contribution in [0.2, 0.25) is 0 Å². The third-order valence-corrected chi connectivity index (χ3v) is 3.14. The van der Waals surface area contributed by atoms with Crippen LogP contribution in [0, 0.1) is 11.6 Å². The largest absolute Gasteiger partial charge is 0.207 e. The first-order valence-electron chi connectivity index (χ1n) is 4.99. The zero-order chi connectivity index (χ0) is 10.8. The Morgan fingerprint density at radius 3 is 2.14 bits per heavy atom. The van der Waals surface area contributed by atoms with Crippen LogP contribution in [0.4, 0.5) is 8.78 Å². The average molecular weight is 198 g/mol. The van der Waals surface area contributed by atoms with E-state index in [0.29, 0.717) is 5.56 Å². The SMILES string of the molecule is CCC(C)(CC)c1ccc(F)cc1F. The van der Waals surface area contributed by atoms with E-state index >= 15 is 0 Å². The van der Waals surface area contributed by atoms with Crippen molar-refractivity contribution in [3.8, 4) is 0 Å².